The summed E-state index contributed by atoms with van der Waals surface area (Å²) in [5.74, 6) is 1.20. The standard InChI is InChI=1S/C29H47N3O4SSi/c1-28(2,3)36-27(33)32(7)20-11-13-21(14-12-20)35-25-24-23-19(16-17-34-38(8,9)29(4,5)6)10-15-22(23)37-26(24)31-18-30-25/h18-21H,10-17H2,1-9H3/t19-,20?,21?/m0/s1. The van der Waals surface area contributed by atoms with E-state index in [1.54, 1.807) is 22.6 Å². The van der Waals surface area contributed by atoms with E-state index in [1.807, 2.05) is 27.8 Å². The third-order valence-electron chi connectivity index (χ3n) is 8.58. The molecule has 0 saturated heterocycles. The van der Waals surface area contributed by atoms with Gasteiger partial charge in [-0.25, -0.2) is 14.8 Å². The van der Waals surface area contributed by atoms with Crippen LogP contribution >= 0.6 is 11.3 Å². The molecule has 1 atom stereocenters. The lowest BCUT2D eigenvalue weighted by Gasteiger charge is -2.36. The molecule has 0 aromatic carbocycles. The number of hydrogen-bond acceptors (Lipinski definition) is 7. The number of carbonyl (C=O) groups excluding carboxylic acids is 1. The molecule has 2 heterocycles. The molecule has 2 aliphatic rings. The van der Waals surface area contributed by atoms with E-state index in [0.717, 1.165) is 67.6 Å². The van der Waals surface area contributed by atoms with Crippen LogP contribution in [0.5, 0.6) is 5.88 Å². The second-order valence-electron chi connectivity index (χ2n) is 13.6. The van der Waals surface area contributed by atoms with Gasteiger partial charge < -0.3 is 18.8 Å². The van der Waals surface area contributed by atoms with Gasteiger partial charge in [0.05, 0.1) is 5.39 Å². The maximum atomic E-state index is 12.5. The van der Waals surface area contributed by atoms with Crippen molar-refractivity contribution in [3.8, 4) is 5.88 Å². The van der Waals surface area contributed by atoms with Gasteiger partial charge in [0, 0.05) is 24.6 Å². The maximum absolute atomic E-state index is 12.5. The minimum atomic E-state index is -1.76. The molecule has 1 amide bonds. The summed E-state index contributed by atoms with van der Waals surface area (Å²) in [5.41, 5.74) is 0.914. The van der Waals surface area contributed by atoms with Gasteiger partial charge >= 0.3 is 6.09 Å². The van der Waals surface area contributed by atoms with E-state index in [2.05, 4.69) is 43.8 Å². The van der Waals surface area contributed by atoms with Crippen LogP contribution in [-0.2, 0) is 15.6 Å². The lowest BCUT2D eigenvalue weighted by atomic mass is 9.92. The average Bonchev–Trinajstić information content (AvgIpc) is 3.37. The van der Waals surface area contributed by atoms with E-state index < -0.39 is 13.9 Å². The topological polar surface area (TPSA) is 73.8 Å². The normalized spacial score (nSPS) is 22.4. The highest BCUT2D eigenvalue weighted by Crippen LogP contribution is 2.48. The van der Waals surface area contributed by atoms with Gasteiger partial charge in [0.2, 0.25) is 5.88 Å². The fourth-order valence-electron chi connectivity index (χ4n) is 5.28. The predicted octanol–water partition coefficient (Wildman–Crippen LogP) is 7.69. The molecule has 1 fully saturated rings. The molecule has 0 spiro atoms. The Kier molecular flexibility index (Phi) is 8.51. The van der Waals surface area contributed by atoms with Crippen LogP contribution in [-0.4, -0.2) is 60.7 Å². The summed E-state index contributed by atoms with van der Waals surface area (Å²) in [6, 6.07) is 0.172. The van der Waals surface area contributed by atoms with E-state index in [1.165, 1.54) is 10.4 Å². The average molecular weight is 562 g/mol. The molecule has 1 saturated carbocycles. The molecule has 0 N–H and O–H groups in total. The van der Waals surface area contributed by atoms with Crippen molar-refractivity contribution in [2.75, 3.05) is 13.7 Å². The van der Waals surface area contributed by atoms with E-state index in [4.69, 9.17) is 13.9 Å². The van der Waals surface area contributed by atoms with E-state index in [-0.39, 0.29) is 23.3 Å². The van der Waals surface area contributed by atoms with Gasteiger partial charge in [-0.2, -0.15) is 0 Å². The molecular formula is C29H47N3O4SSi. The smallest absolute Gasteiger partial charge is 0.410 e. The third-order valence-corrected chi connectivity index (χ3v) is 14.3. The molecule has 0 bridgehead atoms. The molecule has 4 rings (SSSR count). The molecule has 7 nitrogen and oxygen atoms in total. The highest BCUT2D eigenvalue weighted by Gasteiger charge is 2.38. The van der Waals surface area contributed by atoms with Crippen LogP contribution in [0.4, 0.5) is 4.79 Å². The van der Waals surface area contributed by atoms with E-state index in [9.17, 15) is 4.79 Å². The zero-order chi connectivity index (χ0) is 27.9. The number of hydrogen-bond donors (Lipinski definition) is 0. The Balaban J connectivity index is 1.41. The Morgan fingerprint density at radius 3 is 2.39 bits per heavy atom. The summed E-state index contributed by atoms with van der Waals surface area (Å²) in [6.45, 7) is 18.0. The molecule has 2 aromatic rings. The largest absolute Gasteiger partial charge is 0.474 e. The van der Waals surface area contributed by atoms with Gasteiger partial charge in [0.15, 0.2) is 8.32 Å². The Labute approximate surface area is 233 Å². The minimum Gasteiger partial charge on any atom is -0.474 e. The number of rotatable bonds is 7. The fourth-order valence-corrected chi connectivity index (χ4v) is 7.57. The maximum Gasteiger partial charge on any atom is 0.410 e. The van der Waals surface area contributed by atoms with Gasteiger partial charge in [-0.3, -0.25) is 0 Å². The lowest BCUT2D eigenvalue weighted by molar-refractivity contribution is 0.0137. The Bertz CT molecular complexity index is 1130. The number of aromatic nitrogens is 2. The number of nitrogens with zero attached hydrogens (tertiary/aromatic N) is 3. The van der Waals surface area contributed by atoms with E-state index >= 15 is 0 Å². The van der Waals surface area contributed by atoms with Crippen LogP contribution in [0.15, 0.2) is 6.33 Å². The summed E-state index contributed by atoms with van der Waals surface area (Å²) in [5, 5.41) is 1.34. The van der Waals surface area contributed by atoms with Crippen molar-refractivity contribution in [1.29, 1.82) is 0 Å². The molecule has 2 aromatic heterocycles. The molecule has 38 heavy (non-hydrogen) atoms. The molecule has 2 aliphatic carbocycles. The number of ether oxygens (including phenoxy) is 2. The van der Waals surface area contributed by atoms with Crippen LogP contribution in [0.3, 0.4) is 0 Å². The first-order valence-corrected chi connectivity index (χ1v) is 17.9. The number of fused-ring (bicyclic) bond motifs is 3. The summed E-state index contributed by atoms with van der Waals surface area (Å²) in [6.07, 6.45) is 8.33. The summed E-state index contributed by atoms with van der Waals surface area (Å²) < 4.78 is 18.7. The van der Waals surface area contributed by atoms with Gasteiger partial charge in [-0.1, -0.05) is 20.8 Å². The van der Waals surface area contributed by atoms with Gasteiger partial charge in [0.1, 0.15) is 22.9 Å². The van der Waals surface area contributed by atoms with Crippen molar-refractivity contribution in [3.63, 3.8) is 0 Å². The zero-order valence-electron chi connectivity index (χ0n) is 24.8. The van der Waals surface area contributed by atoms with Crippen molar-refractivity contribution < 1.29 is 18.7 Å². The summed E-state index contributed by atoms with van der Waals surface area (Å²) in [7, 11) is 0.0862. The molecule has 9 heteroatoms. The Morgan fingerprint density at radius 2 is 1.76 bits per heavy atom. The zero-order valence-corrected chi connectivity index (χ0v) is 26.7. The first-order valence-electron chi connectivity index (χ1n) is 14.2. The van der Waals surface area contributed by atoms with Crippen LogP contribution in [0.25, 0.3) is 10.2 Å². The molecule has 212 valence electrons. The van der Waals surface area contributed by atoms with E-state index in [0.29, 0.717) is 5.92 Å². The van der Waals surface area contributed by atoms with Gasteiger partial charge in [0.25, 0.3) is 0 Å². The second-order valence-corrected chi connectivity index (χ2v) is 19.5. The molecular weight excluding hydrogens is 514 g/mol. The molecule has 0 radical (unpaired) electrons. The minimum absolute atomic E-state index is 0.0914. The first kappa shape index (κ1) is 29.3. The highest BCUT2D eigenvalue weighted by atomic mass is 32.1. The third kappa shape index (κ3) is 6.53. The number of aryl methyl sites for hydroxylation is 1. The number of carbonyl (C=O) groups is 1. The highest BCUT2D eigenvalue weighted by molar-refractivity contribution is 7.19. The summed E-state index contributed by atoms with van der Waals surface area (Å²) in [4.78, 5) is 26.0. The van der Waals surface area contributed by atoms with Crippen LogP contribution in [0.2, 0.25) is 18.1 Å². The van der Waals surface area contributed by atoms with Crippen molar-refractivity contribution in [2.45, 2.75) is 128 Å². The van der Waals surface area contributed by atoms with Gasteiger partial charge in [-0.05, 0) is 95.3 Å². The lowest BCUT2D eigenvalue weighted by Crippen LogP contribution is -2.43. The van der Waals surface area contributed by atoms with Crippen LogP contribution in [0.1, 0.15) is 96.4 Å². The number of thiophene rings is 1. The quantitative estimate of drug-likeness (QED) is 0.323. The monoisotopic (exact) mass is 561 g/mol. The van der Waals surface area contributed by atoms with Gasteiger partial charge in [-0.15, -0.1) is 11.3 Å². The van der Waals surface area contributed by atoms with Crippen molar-refractivity contribution in [2.24, 2.45) is 0 Å². The predicted molar refractivity (Wildman–Crippen MR) is 157 cm³/mol. The van der Waals surface area contributed by atoms with Crippen LogP contribution < -0.4 is 4.74 Å². The van der Waals surface area contributed by atoms with Crippen molar-refractivity contribution in [3.05, 3.63) is 16.8 Å². The van der Waals surface area contributed by atoms with Crippen molar-refractivity contribution in [1.82, 2.24) is 14.9 Å². The first-order chi connectivity index (χ1) is 17.7. The molecule has 0 aliphatic heterocycles. The Morgan fingerprint density at radius 1 is 1.08 bits per heavy atom. The molecule has 0 unspecified atom stereocenters. The second kappa shape index (κ2) is 11.0. The number of amides is 1. The SMILES string of the molecule is CN(C(=O)OC(C)(C)C)C1CCC(Oc2ncnc3sc4c(c23)[C@H](CCO[Si](C)(C)C(C)(C)C)CC4)CC1. The fraction of sp³-hybridized carbons (Fsp3) is 0.759. The summed E-state index contributed by atoms with van der Waals surface area (Å²) >= 11 is 1.80. The van der Waals surface area contributed by atoms with Crippen molar-refractivity contribution >= 4 is 36.0 Å². The van der Waals surface area contributed by atoms with Crippen LogP contribution in [0, 0.1) is 0 Å². The Hall–Kier alpha value is -1.71.